The molecular formula is C24H48N4O8. The highest BCUT2D eigenvalue weighted by molar-refractivity contribution is 5.76. The molecule has 212 valence electrons. The van der Waals surface area contributed by atoms with E-state index in [9.17, 15) is 14.4 Å². The third-order valence-electron chi connectivity index (χ3n) is 4.22. The number of carbonyl (C=O) groups is 3. The number of alkyl carbamates (subject to hydrolysis) is 1. The summed E-state index contributed by atoms with van der Waals surface area (Å²) in [6, 6.07) is 0. The molecule has 36 heavy (non-hydrogen) atoms. The van der Waals surface area contributed by atoms with Crippen molar-refractivity contribution in [1.29, 1.82) is 0 Å². The quantitative estimate of drug-likeness (QED) is 0.142. The highest BCUT2D eigenvalue weighted by Crippen LogP contribution is 2.05. The minimum Gasteiger partial charge on any atom is -0.444 e. The lowest BCUT2D eigenvalue weighted by atomic mass is 10.2. The first-order valence-corrected chi connectivity index (χ1v) is 12.8. The molecule has 12 nitrogen and oxygen atoms in total. The maximum Gasteiger partial charge on any atom is 0.407 e. The Balaban J connectivity index is 3.27. The van der Waals surface area contributed by atoms with Crippen LogP contribution in [0.5, 0.6) is 0 Å². The van der Waals surface area contributed by atoms with E-state index in [-0.39, 0.29) is 18.2 Å². The maximum atomic E-state index is 11.7. The van der Waals surface area contributed by atoms with Gasteiger partial charge in [-0.2, -0.15) is 0 Å². The summed E-state index contributed by atoms with van der Waals surface area (Å²) >= 11 is 0. The molecule has 0 atom stereocenters. The second-order valence-electron chi connectivity index (χ2n) is 8.83. The lowest BCUT2D eigenvalue weighted by Gasteiger charge is -2.19. The Kier molecular flexibility index (Phi) is 22.1. The minimum absolute atomic E-state index is 0.0151. The van der Waals surface area contributed by atoms with E-state index in [4.69, 9.17) is 23.7 Å². The molecule has 0 aliphatic heterocycles. The molecule has 0 saturated heterocycles. The van der Waals surface area contributed by atoms with Crippen molar-refractivity contribution in [3.63, 3.8) is 0 Å². The van der Waals surface area contributed by atoms with Crippen LogP contribution >= 0.6 is 0 Å². The van der Waals surface area contributed by atoms with Crippen LogP contribution < -0.4 is 21.3 Å². The zero-order valence-electron chi connectivity index (χ0n) is 22.6. The predicted molar refractivity (Wildman–Crippen MR) is 136 cm³/mol. The van der Waals surface area contributed by atoms with Crippen LogP contribution in [0.15, 0.2) is 0 Å². The number of nitrogens with one attached hydrogen (secondary N) is 4. The molecule has 0 aromatic heterocycles. The first-order chi connectivity index (χ1) is 17.2. The van der Waals surface area contributed by atoms with Crippen LogP contribution in [-0.4, -0.2) is 109 Å². The Morgan fingerprint density at radius 1 is 0.583 bits per heavy atom. The smallest absolute Gasteiger partial charge is 0.407 e. The number of rotatable bonds is 23. The van der Waals surface area contributed by atoms with E-state index in [0.717, 1.165) is 6.42 Å². The van der Waals surface area contributed by atoms with E-state index in [1.54, 1.807) is 20.8 Å². The fourth-order valence-electron chi connectivity index (χ4n) is 2.51. The molecule has 0 bridgehead atoms. The van der Waals surface area contributed by atoms with Gasteiger partial charge in [-0.1, -0.05) is 6.92 Å². The van der Waals surface area contributed by atoms with Gasteiger partial charge in [-0.3, -0.25) is 9.59 Å². The van der Waals surface area contributed by atoms with Gasteiger partial charge >= 0.3 is 6.09 Å². The third kappa shape index (κ3) is 26.6. The van der Waals surface area contributed by atoms with Crippen LogP contribution in [0.3, 0.4) is 0 Å². The van der Waals surface area contributed by atoms with Crippen LogP contribution in [0.25, 0.3) is 0 Å². The number of hydrogen-bond donors (Lipinski definition) is 4. The van der Waals surface area contributed by atoms with E-state index in [1.807, 2.05) is 6.92 Å². The van der Waals surface area contributed by atoms with Crippen LogP contribution in [-0.2, 0) is 33.3 Å². The van der Waals surface area contributed by atoms with Gasteiger partial charge in [0.15, 0.2) is 0 Å². The Labute approximate surface area is 215 Å². The normalized spacial score (nSPS) is 11.2. The van der Waals surface area contributed by atoms with E-state index >= 15 is 0 Å². The largest absolute Gasteiger partial charge is 0.444 e. The van der Waals surface area contributed by atoms with Crippen molar-refractivity contribution in [3.05, 3.63) is 0 Å². The first kappa shape index (κ1) is 34.0. The Morgan fingerprint density at radius 2 is 1.03 bits per heavy atom. The second-order valence-corrected chi connectivity index (χ2v) is 8.83. The van der Waals surface area contributed by atoms with E-state index in [1.165, 1.54) is 0 Å². The number of ether oxygens (including phenoxy) is 5. The van der Waals surface area contributed by atoms with Gasteiger partial charge in [0.25, 0.3) is 0 Å². The van der Waals surface area contributed by atoms with Crippen LogP contribution in [0.1, 0.15) is 47.0 Å². The lowest BCUT2D eigenvalue weighted by Crippen LogP contribution is -2.38. The molecule has 0 aliphatic carbocycles. The maximum absolute atomic E-state index is 11.7. The van der Waals surface area contributed by atoms with Crippen LogP contribution in [0, 0.1) is 0 Å². The third-order valence-corrected chi connectivity index (χ3v) is 4.22. The summed E-state index contributed by atoms with van der Waals surface area (Å²) in [7, 11) is 0. The van der Waals surface area contributed by atoms with Crippen molar-refractivity contribution in [2.75, 3.05) is 85.6 Å². The van der Waals surface area contributed by atoms with Crippen molar-refractivity contribution in [2.24, 2.45) is 0 Å². The molecule has 4 N–H and O–H groups in total. The molecule has 0 aliphatic rings. The fraction of sp³-hybridized carbons (Fsp3) is 0.875. The summed E-state index contributed by atoms with van der Waals surface area (Å²) < 4.78 is 26.8. The summed E-state index contributed by atoms with van der Waals surface area (Å²) in [5, 5.41) is 11.3. The second kappa shape index (κ2) is 23.4. The zero-order chi connectivity index (χ0) is 26.9. The summed E-state index contributed by atoms with van der Waals surface area (Å²) in [6.07, 6.45) is 1.04. The zero-order valence-corrected chi connectivity index (χ0v) is 22.6. The van der Waals surface area contributed by atoms with Gasteiger partial charge in [-0.15, -0.1) is 0 Å². The van der Waals surface area contributed by atoms with Crippen molar-refractivity contribution in [2.45, 2.75) is 52.6 Å². The molecule has 12 heteroatoms. The summed E-state index contributed by atoms with van der Waals surface area (Å²) in [5.41, 5.74) is -0.549. The van der Waals surface area contributed by atoms with Crippen molar-refractivity contribution >= 4 is 17.9 Å². The average molecular weight is 521 g/mol. The van der Waals surface area contributed by atoms with Gasteiger partial charge < -0.3 is 45.0 Å². The van der Waals surface area contributed by atoms with Gasteiger partial charge in [-0.05, 0) is 27.2 Å². The van der Waals surface area contributed by atoms with Crippen molar-refractivity contribution in [1.82, 2.24) is 21.3 Å². The van der Waals surface area contributed by atoms with E-state index in [0.29, 0.717) is 92.0 Å². The number of hydrogen-bond acceptors (Lipinski definition) is 9. The van der Waals surface area contributed by atoms with Crippen LogP contribution in [0.2, 0.25) is 0 Å². The molecule has 0 saturated carbocycles. The number of carbonyl (C=O) groups excluding carboxylic acids is 3. The molecule has 0 spiro atoms. The highest BCUT2D eigenvalue weighted by atomic mass is 16.6. The van der Waals surface area contributed by atoms with E-state index in [2.05, 4.69) is 21.3 Å². The molecular weight excluding hydrogens is 472 g/mol. The van der Waals surface area contributed by atoms with Gasteiger partial charge in [0.1, 0.15) is 5.60 Å². The highest BCUT2D eigenvalue weighted by Gasteiger charge is 2.15. The summed E-state index contributed by atoms with van der Waals surface area (Å²) in [5.74, 6) is -0.129. The SMILES string of the molecule is CCCNC(=O)CCOCCOCCNCCOCCOCCC(=O)NCCNC(=O)OC(C)(C)C. The molecule has 0 radical (unpaired) electrons. The molecule has 0 rings (SSSR count). The Bertz CT molecular complexity index is 573. The average Bonchev–Trinajstić information content (AvgIpc) is 2.81. The van der Waals surface area contributed by atoms with E-state index < -0.39 is 11.7 Å². The molecule has 0 heterocycles. The first-order valence-electron chi connectivity index (χ1n) is 12.8. The van der Waals surface area contributed by atoms with Crippen molar-refractivity contribution < 1.29 is 38.1 Å². The Morgan fingerprint density at radius 3 is 1.50 bits per heavy atom. The van der Waals surface area contributed by atoms with Gasteiger partial charge in [-0.25, -0.2) is 4.79 Å². The minimum atomic E-state index is -0.549. The van der Waals surface area contributed by atoms with Crippen molar-refractivity contribution in [3.8, 4) is 0 Å². The molecule has 0 unspecified atom stereocenters. The summed E-state index contributed by atoms with van der Waals surface area (Å²) in [4.78, 5) is 34.6. The number of amides is 3. The molecule has 0 aromatic carbocycles. The molecule has 0 aromatic rings. The Hall–Kier alpha value is -1.99. The summed E-state index contributed by atoms with van der Waals surface area (Å²) in [6.45, 7) is 13.8. The molecule has 0 fully saturated rings. The fourth-order valence-corrected chi connectivity index (χ4v) is 2.51. The van der Waals surface area contributed by atoms with Crippen LogP contribution in [0.4, 0.5) is 4.79 Å². The standard InChI is InChI=1S/C24H48N4O8/c1-5-8-26-21(29)6-13-32-17-19-34-15-11-25-12-16-35-20-18-33-14-7-22(30)27-9-10-28-23(31)36-24(2,3)4/h25H,5-20H2,1-4H3,(H,26,29)(H,27,30)(H,28,31). The van der Waals surface area contributed by atoms with Gasteiger partial charge in [0.05, 0.1) is 52.9 Å². The monoisotopic (exact) mass is 520 g/mol. The van der Waals surface area contributed by atoms with Gasteiger partial charge in [0, 0.05) is 45.6 Å². The molecule has 3 amide bonds. The lowest BCUT2D eigenvalue weighted by molar-refractivity contribution is -0.123. The van der Waals surface area contributed by atoms with Gasteiger partial charge in [0.2, 0.25) is 11.8 Å². The topological polar surface area (TPSA) is 145 Å². The predicted octanol–water partition coefficient (Wildman–Crippen LogP) is 0.590.